The lowest BCUT2D eigenvalue weighted by Crippen LogP contribution is -1.99. The van der Waals surface area contributed by atoms with E-state index in [4.69, 9.17) is 14.2 Å². The zero-order valence-corrected chi connectivity index (χ0v) is 15.9. The number of rotatable bonds is 7. The van der Waals surface area contributed by atoms with Gasteiger partial charge in [0.05, 0.1) is 21.3 Å². The Bertz CT molecular complexity index is 937. The molecule has 0 spiro atoms. The number of anilines is 2. The predicted octanol–water partition coefficient (Wildman–Crippen LogP) is 4.10. The zero-order valence-electron chi connectivity index (χ0n) is 15.1. The Morgan fingerprint density at radius 2 is 1.85 bits per heavy atom. The molecule has 2 N–H and O–H groups in total. The highest BCUT2D eigenvalue weighted by Crippen LogP contribution is 2.39. The van der Waals surface area contributed by atoms with Gasteiger partial charge in [0.25, 0.3) is 0 Å². The van der Waals surface area contributed by atoms with Crippen LogP contribution in [0.25, 0.3) is 0 Å². The van der Waals surface area contributed by atoms with Crippen LogP contribution in [0.2, 0.25) is 0 Å². The highest BCUT2D eigenvalue weighted by molar-refractivity contribution is 7.99. The molecule has 140 valence electrons. The van der Waals surface area contributed by atoms with Crippen LogP contribution >= 0.6 is 11.8 Å². The van der Waals surface area contributed by atoms with Gasteiger partial charge in [0.2, 0.25) is 11.7 Å². The molecule has 0 amide bonds. The second kappa shape index (κ2) is 8.50. The first-order valence-corrected chi connectivity index (χ1v) is 8.81. The van der Waals surface area contributed by atoms with Crippen LogP contribution in [-0.2, 0) is 0 Å². The number of nitrogens with zero attached hydrogens (tertiary/aromatic N) is 2. The minimum Gasteiger partial charge on any atom is -0.504 e. The van der Waals surface area contributed by atoms with E-state index in [1.54, 1.807) is 19.4 Å². The Morgan fingerprint density at radius 3 is 2.59 bits per heavy atom. The Kier molecular flexibility index (Phi) is 5.87. The van der Waals surface area contributed by atoms with E-state index < -0.39 is 0 Å². The van der Waals surface area contributed by atoms with Crippen LogP contribution in [0.4, 0.5) is 11.6 Å². The second-order valence-electron chi connectivity index (χ2n) is 5.36. The number of hydrogen-bond donors (Lipinski definition) is 2. The first-order valence-electron chi connectivity index (χ1n) is 8.00. The highest BCUT2D eigenvalue weighted by atomic mass is 32.2. The van der Waals surface area contributed by atoms with Crippen molar-refractivity contribution in [3.63, 3.8) is 0 Å². The molecule has 2 aromatic carbocycles. The summed E-state index contributed by atoms with van der Waals surface area (Å²) in [5, 5.41) is 13.9. The summed E-state index contributed by atoms with van der Waals surface area (Å²) in [5.41, 5.74) is 0.577. The van der Waals surface area contributed by atoms with E-state index in [-0.39, 0.29) is 11.5 Å². The summed E-state index contributed by atoms with van der Waals surface area (Å²) in [6.45, 7) is 0. The fourth-order valence-corrected chi connectivity index (χ4v) is 3.21. The van der Waals surface area contributed by atoms with Crippen LogP contribution in [-0.4, -0.2) is 36.4 Å². The van der Waals surface area contributed by atoms with Gasteiger partial charge in [-0.25, -0.2) is 9.97 Å². The lowest BCUT2D eigenvalue weighted by atomic mass is 10.2. The molecular formula is C19H19N3O4S. The number of ether oxygens (including phenoxy) is 3. The first kappa shape index (κ1) is 18.7. The quantitative estimate of drug-likeness (QED) is 0.588. The van der Waals surface area contributed by atoms with Crippen molar-refractivity contribution in [3.8, 4) is 23.0 Å². The summed E-state index contributed by atoms with van der Waals surface area (Å²) in [7, 11) is 4.60. The van der Waals surface area contributed by atoms with Gasteiger partial charge in [-0.3, -0.25) is 0 Å². The molecular weight excluding hydrogens is 366 g/mol. The molecule has 0 unspecified atom stereocenters. The van der Waals surface area contributed by atoms with Crippen molar-refractivity contribution in [2.75, 3.05) is 26.6 Å². The van der Waals surface area contributed by atoms with Gasteiger partial charge in [-0.1, -0.05) is 17.8 Å². The number of nitrogens with one attached hydrogen (secondary N) is 1. The number of aromatic hydroxyl groups is 1. The number of hydrogen-bond acceptors (Lipinski definition) is 8. The van der Waals surface area contributed by atoms with Crippen molar-refractivity contribution in [3.05, 3.63) is 48.7 Å². The molecule has 8 heteroatoms. The van der Waals surface area contributed by atoms with Crippen LogP contribution in [0, 0.1) is 0 Å². The Labute approximate surface area is 161 Å². The molecule has 0 saturated carbocycles. The summed E-state index contributed by atoms with van der Waals surface area (Å²) >= 11 is 1.49. The number of methoxy groups -OCH3 is 3. The number of phenolic OH excluding ortho intramolecular Hbond substituents is 1. The monoisotopic (exact) mass is 385 g/mol. The number of benzene rings is 2. The third-order valence-corrected chi connectivity index (χ3v) is 4.54. The molecule has 0 aliphatic heterocycles. The third kappa shape index (κ3) is 4.53. The summed E-state index contributed by atoms with van der Waals surface area (Å²) < 4.78 is 15.6. The van der Waals surface area contributed by atoms with Gasteiger partial charge in [-0.15, -0.1) is 0 Å². The average molecular weight is 385 g/mol. The molecule has 1 heterocycles. The van der Waals surface area contributed by atoms with Crippen LogP contribution in [0.15, 0.2) is 58.6 Å². The fraction of sp³-hybridized carbons (Fsp3) is 0.158. The standard InChI is InChI=1S/C19H19N3O4S/c1-24-13-5-4-6-14(11-13)27-17-7-8-20-19(22-17)21-12-9-15(23)18(26-3)16(10-12)25-2/h4-11,23H,1-3H3,(H,20,21,22). The summed E-state index contributed by atoms with van der Waals surface area (Å²) in [6.07, 6.45) is 1.67. The van der Waals surface area contributed by atoms with Crippen LogP contribution < -0.4 is 19.5 Å². The molecule has 7 nitrogen and oxygen atoms in total. The van der Waals surface area contributed by atoms with E-state index in [2.05, 4.69) is 15.3 Å². The third-order valence-electron chi connectivity index (χ3n) is 3.61. The van der Waals surface area contributed by atoms with E-state index in [0.717, 1.165) is 15.7 Å². The van der Waals surface area contributed by atoms with Gasteiger partial charge in [0.1, 0.15) is 10.8 Å². The highest BCUT2D eigenvalue weighted by Gasteiger charge is 2.12. The van der Waals surface area contributed by atoms with Crippen LogP contribution in [0.1, 0.15) is 0 Å². The maximum Gasteiger partial charge on any atom is 0.228 e. The van der Waals surface area contributed by atoms with Crippen molar-refractivity contribution < 1.29 is 19.3 Å². The molecule has 3 aromatic rings. The molecule has 0 radical (unpaired) electrons. The summed E-state index contributed by atoms with van der Waals surface area (Å²) in [4.78, 5) is 9.72. The van der Waals surface area contributed by atoms with E-state index in [1.807, 2.05) is 30.3 Å². The zero-order chi connectivity index (χ0) is 19.2. The molecule has 0 atom stereocenters. The van der Waals surface area contributed by atoms with Crippen molar-refractivity contribution >= 4 is 23.4 Å². The average Bonchev–Trinajstić information content (AvgIpc) is 2.68. The van der Waals surface area contributed by atoms with Gasteiger partial charge < -0.3 is 24.6 Å². The fourth-order valence-electron chi connectivity index (χ4n) is 2.39. The van der Waals surface area contributed by atoms with Crippen molar-refractivity contribution in [2.45, 2.75) is 9.92 Å². The molecule has 0 aliphatic rings. The Hall–Kier alpha value is -3.13. The number of aromatic nitrogens is 2. The minimum absolute atomic E-state index is 0.0405. The molecule has 3 rings (SSSR count). The predicted molar refractivity (Wildman–Crippen MR) is 104 cm³/mol. The van der Waals surface area contributed by atoms with Gasteiger partial charge in [0.15, 0.2) is 11.5 Å². The smallest absolute Gasteiger partial charge is 0.228 e. The Balaban J connectivity index is 1.81. The molecule has 1 aromatic heterocycles. The summed E-state index contributed by atoms with van der Waals surface area (Å²) in [6, 6.07) is 12.8. The molecule has 0 fully saturated rings. The van der Waals surface area contributed by atoms with E-state index in [1.165, 1.54) is 32.0 Å². The van der Waals surface area contributed by atoms with Gasteiger partial charge in [0, 0.05) is 28.9 Å². The van der Waals surface area contributed by atoms with Crippen molar-refractivity contribution in [1.29, 1.82) is 0 Å². The maximum atomic E-state index is 10.1. The normalized spacial score (nSPS) is 10.3. The Morgan fingerprint density at radius 1 is 1.00 bits per heavy atom. The van der Waals surface area contributed by atoms with Crippen LogP contribution in [0.3, 0.4) is 0 Å². The van der Waals surface area contributed by atoms with Crippen molar-refractivity contribution in [1.82, 2.24) is 9.97 Å². The topological polar surface area (TPSA) is 85.7 Å². The SMILES string of the molecule is COc1cccc(Sc2ccnc(Nc3cc(O)c(OC)c(OC)c3)n2)c1. The lowest BCUT2D eigenvalue weighted by Gasteiger charge is -2.12. The lowest BCUT2D eigenvalue weighted by molar-refractivity contribution is 0.333. The second-order valence-corrected chi connectivity index (χ2v) is 6.45. The molecule has 0 aliphatic carbocycles. The van der Waals surface area contributed by atoms with Crippen LogP contribution in [0.5, 0.6) is 23.0 Å². The van der Waals surface area contributed by atoms with Gasteiger partial charge in [-0.2, -0.15) is 0 Å². The molecule has 0 saturated heterocycles. The molecule has 0 bridgehead atoms. The largest absolute Gasteiger partial charge is 0.504 e. The van der Waals surface area contributed by atoms with E-state index >= 15 is 0 Å². The van der Waals surface area contributed by atoms with E-state index in [0.29, 0.717) is 17.4 Å². The first-order chi connectivity index (χ1) is 13.1. The maximum absolute atomic E-state index is 10.1. The summed E-state index contributed by atoms with van der Waals surface area (Å²) in [5.74, 6) is 1.82. The van der Waals surface area contributed by atoms with Gasteiger partial charge in [-0.05, 0) is 24.3 Å². The number of phenols is 1. The minimum atomic E-state index is -0.0405. The van der Waals surface area contributed by atoms with E-state index in [9.17, 15) is 5.11 Å². The van der Waals surface area contributed by atoms with Gasteiger partial charge >= 0.3 is 0 Å². The molecule has 27 heavy (non-hydrogen) atoms. The van der Waals surface area contributed by atoms with Crippen molar-refractivity contribution in [2.24, 2.45) is 0 Å².